The molecule has 0 atom stereocenters. The van der Waals surface area contributed by atoms with E-state index in [-0.39, 0.29) is 11.8 Å². The Kier molecular flexibility index (Phi) is 5.75. The Bertz CT molecular complexity index is 507. The minimum atomic E-state index is -0.202. The van der Waals surface area contributed by atoms with Crippen molar-refractivity contribution in [3.05, 3.63) is 23.9 Å². The van der Waals surface area contributed by atoms with Gasteiger partial charge in [0.25, 0.3) is 5.91 Å². The van der Waals surface area contributed by atoms with Crippen molar-refractivity contribution in [1.82, 2.24) is 15.6 Å². The molecule has 0 unspecified atom stereocenters. The molecule has 1 fully saturated rings. The highest BCUT2D eigenvalue weighted by Crippen LogP contribution is 2.17. The average molecular weight is 304 g/mol. The third kappa shape index (κ3) is 4.72. The predicted octanol–water partition coefficient (Wildman–Crippen LogP) is 1.33. The molecule has 22 heavy (non-hydrogen) atoms. The van der Waals surface area contributed by atoms with Crippen LogP contribution < -0.4 is 15.5 Å². The Labute approximate surface area is 131 Å². The zero-order valence-corrected chi connectivity index (χ0v) is 13.3. The number of hydrogen-bond donors (Lipinski definition) is 2. The van der Waals surface area contributed by atoms with Gasteiger partial charge in [-0.05, 0) is 25.0 Å². The molecule has 0 saturated heterocycles. The predicted molar refractivity (Wildman–Crippen MR) is 85.9 cm³/mol. The molecule has 6 nitrogen and oxygen atoms in total. The molecule has 1 heterocycles. The molecular formula is C16H24N4O2. The van der Waals surface area contributed by atoms with Gasteiger partial charge in [-0.25, -0.2) is 4.98 Å². The van der Waals surface area contributed by atoms with E-state index in [0.29, 0.717) is 24.6 Å². The molecule has 1 aromatic heterocycles. The maximum Gasteiger partial charge on any atom is 0.252 e. The molecule has 0 bridgehead atoms. The van der Waals surface area contributed by atoms with Crippen LogP contribution in [0.3, 0.4) is 0 Å². The lowest BCUT2D eigenvalue weighted by Gasteiger charge is -2.12. The molecule has 2 N–H and O–H groups in total. The molecule has 1 aromatic rings. The summed E-state index contributed by atoms with van der Waals surface area (Å²) in [5, 5.41) is 5.75. The summed E-state index contributed by atoms with van der Waals surface area (Å²) in [6, 6.07) is 3.85. The summed E-state index contributed by atoms with van der Waals surface area (Å²) in [4.78, 5) is 29.8. The van der Waals surface area contributed by atoms with Crippen LogP contribution in [0.1, 0.15) is 42.5 Å². The number of hydrogen-bond acceptors (Lipinski definition) is 4. The topological polar surface area (TPSA) is 74.3 Å². The van der Waals surface area contributed by atoms with Crippen LogP contribution in [0.4, 0.5) is 5.82 Å². The molecule has 6 heteroatoms. The summed E-state index contributed by atoms with van der Waals surface area (Å²) in [5.74, 6) is 0.604. The zero-order chi connectivity index (χ0) is 15.9. The summed E-state index contributed by atoms with van der Waals surface area (Å²) in [7, 11) is 3.79. The van der Waals surface area contributed by atoms with Crippen molar-refractivity contribution >= 4 is 17.6 Å². The van der Waals surface area contributed by atoms with E-state index in [4.69, 9.17) is 0 Å². The first-order valence-electron chi connectivity index (χ1n) is 7.77. The van der Waals surface area contributed by atoms with Gasteiger partial charge < -0.3 is 15.5 Å². The van der Waals surface area contributed by atoms with Gasteiger partial charge in [0.05, 0.1) is 5.56 Å². The number of carbonyl (C=O) groups excluding carboxylic acids is 2. The van der Waals surface area contributed by atoms with Crippen LogP contribution in [0.5, 0.6) is 0 Å². The summed E-state index contributed by atoms with van der Waals surface area (Å²) in [6.07, 6.45) is 6.38. The number of nitrogens with one attached hydrogen (secondary N) is 2. The SMILES string of the molecule is CN(C)c1ccc(C(=O)NCCC(=O)NC2CCCC2)cn1. The largest absolute Gasteiger partial charge is 0.363 e. The Morgan fingerprint density at radius 3 is 2.59 bits per heavy atom. The van der Waals surface area contributed by atoms with Gasteiger partial charge >= 0.3 is 0 Å². The molecule has 0 aromatic carbocycles. The summed E-state index contributed by atoms with van der Waals surface area (Å²) < 4.78 is 0. The first-order chi connectivity index (χ1) is 10.6. The molecule has 2 rings (SSSR count). The lowest BCUT2D eigenvalue weighted by molar-refractivity contribution is -0.121. The van der Waals surface area contributed by atoms with Crippen LogP contribution in [0, 0.1) is 0 Å². The number of aromatic nitrogens is 1. The van der Waals surface area contributed by atoms with Crippen molar-refractivity contribution < 1.29 is 9.59 Å². The molecule has 0 aliphatic heterocycles. The van der Waals surface area contributed by atoms with Crippen LogP contribution in [-0.2, 0) is 4.79 Å². The van der Waals surface area contributed by atoms with Crippen molar-refractivity contribution in [2.75, 3.05) is 25.5 Å². The summed E-state index contributed by atoms with van der Waals surface area (Å²) in [6.45, 7) is 0.340. The molecule has 2 amide bonds. The van der Waals surface area contributed by atoms with Gasteiger partial charge in [-0.3, -0.25) is 9.59 Å². The fourth-order valence-electron chi connectivity index (χ4n) is 2.55. The zero-order valence-electron chi connectivity index (χ0n) is 13.3. The van der Waals surface area contributed by atoms with Crippen molar-refractivity contribution in [3.8, 4) is 0 Å². The monoisotopic (exact) mass is 304 g/mol. The first kappa shape index (κ1) is 16.3. The van der Waals surface area contributed by atoms with E-state index in [9.17, 15) is 9.59 Å². The van der Waals surface area contributed by atoms with Crippen LogP contribution in [0.15, 0.2) is 18.3 Å². The highest BCUT2D eigenvalue weighted by atomic mass is 16.2. The van der Waals surface area contributed by atoms with E-state index < -0.39 is 0 Å². The van der Waals surface area contributed by atoms with Gasteiger partial charge in [0.2, 0.25) is 5.91 Å². The van der Waals surface area contributed by atoms with Crippen LogP contribution in [0.25, 0.3) is 0 Å². The number of rotatable bonds is 6. The molecular weight excluding hydrogens is 280 g/mol. The second-order valence-electron chi connectivity index (χ2n) is 5.85. The van der Waals surface area contributed by atoms with E-state index in [1.54, 1.807) is 18.3 Å². The van der Waals surface area contributed by atoms with Gasteiger partial charge in [0, 0.05) is 39.3 Å². The molecule has 1 aliphatic carbocycles. The van der Waals surface area contributed by atoms with E-state index in [1.165, 1.54) is 12.8 Å². The minimum Gasteiger partial charge on any atom is -0.363 e. The Hall–Kier alpha value is -2.11. The van der Waals surface area contributed by atoms with Gasteiger partial charge in [-0.1, -0.05) is 12.8 Å². The lowest BCUT2D eigenvalue weighted by Crippen LogP contribution is -2.35. The molecule has 1 saturated carbocycles. The van der Waals surface area contributed by atoms with Crippen LogP contribution in [-0.4, -0.2) is 43.5 Å². The standard InChI is InChI=1S/C16H24N4O2/c1-20(2)14-8-7-12(11-18-14)16(22)17-10-9-15(21)19-13-5-3-4-6-13/h7-8,11,13H,3-6,9-10H2,1-2H3,(H,17,22)(H,19,21). The van der Waals surface area contributed by atoms with E-state index in [0.717, 1.165) is 18.7 Å². The summed E-state index contributed by atoms with van der Waals surface area (Å²) in [5.41, 5.74) is 0.502. The second-order valence-corrected chi connectivity index (χ2v) is 5.85. The fraction of sp³-hybridized carbons (Fsp3) is 0.562. The maximum absolute atomic E-state index is 12.0. The van der Waals surface area contributed by atoms with E-state index >= 15 is 0 Å². The minimum absolute atomic E-state index is 0.00767. The number of amides is 2. The fourth-order valence-corrected chi connectivity index (χ4v) is 2.55. The lowest BCUT2D eigenvalue weighted by atomic mass is 10.2. The van der Waals surface area contributed by atoms with Gasteiger partial charge in [-0.15, -0.1) is 0 Å². The number of nitrogens with zero attached hydrogens (tertiary/aromatic N) is 2. The van der Waals surface area contributed by atoms with Crippen molar-refractivity contribution in [2.45, 2.75) is 38.1 Å². The Balaban J connectivity index is 1.71. The normalized spacial score (nSPS) is 14.6. The third-order valence-corrected chi connectivity index (χ3v) is 3.83. The number of carbonyl (C=O) groups is 2. The van der Waals surface area contributed by atoms with Crippen molar-refractivity contribution in [1.29, 1.82) is 0 Å². The van der Waals surface area contributed by atoms with Crippen LogP contribution >= 0.6 is 0 Å². The Morgan fingerprint density at radius 2 is 2.00 bits per heavy atom. The van der Waals surface area contributed by atoms with Gasteiger partial charge in [0.1, 0.15) is 5.82 Å². The highest BCUT2D eigenvalue weighted by Gasteiger charge is 2.16. The van der Waals surface area contributed by atoms with Gasteiger partial charge in [-0.2, -0.15) is 0 Å². The quantitative estimate of drug-likeness (QED) is 0.831. The number of anilines is 1. The van der Waals surface area contributed by atoms with Crippen molar-refractivity contribution in [2.24, 2.45) is 0 Å². The summed E-state index contributed by atoms with van der Waals surface area (Å²) >= 11 is 0. The molecule has 0 radical (unpaired) electrons. The molecule has 120 valence electrons. The first-order valence-corrected chi connectivity index (χ1v) is 7.77. The second kappa shape index (κ2) is 7.77. The third-order valence-electron chi connectivity index (χ3n) is 3.83. The molecule has 1 aliphatic rings. The van der Waals surface area contributed by atoms with E-state index in [2.05, 4.69) is 15.6 Å². The highest BCUT2D eigenvalue weighted by molar-refractivity contribution is 5.94. The van der Waals surface area contributed by atoms with Crippen molar-refractivity contribution in [3.63, 3.8) is 0 Å². The van der Waals surface area contributed by atoms with Gasteiger partial charge in [0.15, 0.2) is 0 Å². The molecule has 0 spiro atoms. The van der Waals surface area contributed by atoms with E-state index in [1.807, 2.05) is 19.0 Å². The Morgan fingerprint density at radius 1 is 1.27 bits per heavy atom. The number of pyridine rings is 1. The smallest absolute Gasteiger partial charge is 0.252 e. The van der Waals surface area contributed by atoms with Crippen LogP contribution in [0.2, 0.25) is 0 Å². The average Bonchev–Trinajstić information content (AvgIpc) is 3.00. The maximum atomic E-state index is 12.0.